The summed E-state index contributed by atoms with van der Waals surface area (Å²) in [6.07, 6.45) is 7.45. The van der Waals surface area contributed by atoms with Crippen LogP contribution in [0.5, 0.6) is 0 Å². The van der Waals surface area contributed by atoms with Crippen molar-refractivity contribution in [2.24, 2.45) is 0 Å². The Hall–Kier alpha value is -1.08. The van der Waals surface area contributed by atoms with Crippen LogP contribution < -0.4 is 5.32 Å². The maximum Gasteiger partial charge on any atom is 0.0319 e. The van der Waals surface area contributed by atoms with Gasteiger partial charge >= 0.3 is 0 Å². The van der Waals surface area contributed by atoms with Gasteiger partial charge in [-0.2, -0.15) is 0 Å². The molecule has 1 aliphatic carbocycles. The Labute approximate surface area is 105 Å². The monoisotopic (exact) mass is 229 g/mol. The van der Waals surface area contributed by atoms with Gasteiger partial charge in [0.2, 0.25) is 0 Å². The van der Waals surface area contributed by atoms with Crippen molar-refractivity contribution in [1.82, 2.24) is 5.32 Å². The zero-order chi connectivity index (χ0) is 12.1. The normalized spacial score (nSPS) is 16.9. The Morgan fingerprint density at radius 1 is 1.35 bits per heavy atom. The molecule has 1 aromatic rings. The predicted molar refractivity (Wildman–Crippen MR) is 74.3 cm³/mol. The van der Waals surface area contributed by atoms with Crippen LogP contribution in [0.2, 0.25) is 0 Å². The second-order valence-corrected chi connectivity index (χ2v) is 4.97. The van der Waals surface area contributed by atoms with Gasteiger partial charge < -0.3 is 5.32 Å². The lowest BCUT2D eigenvalue weighted by atomic mass is 9.97. The van der Waals surface area contributed by atoms with Crippen LogP contribution in [0.4, 0.5) is 0 Å². The average molecular weight is 229 g/mol. The van der Waals surface area contributed by atoms with Crippen LogP contribution in [0.1, 0.15) is 37.3 Å². The fourth-order valence-electron chi connectivity index (χ4n) is 2.67. The van der Waals surface area contributed by atoms with Crippen LogP contribution in [0.15, 0.2) is 35.9 Å². The van der Waals surface area contributed by atoms with Crippen LogP contribution in [-0.2, 0) is 6.42 Å². The van der Waals surface area contributed by atoms with E-state index in [-0.39, 0.29) is 0 Å². The lowest BCUT2D eigenvalue weighted by Crippen LogP contribution is -2.32. The van der Waals surface area contributed by atoms with E-state index in [1.54, 1.807) is 5.57 Å². The molecule has 0 heterocycles. The molecule has 1 heteroatoms. The van der Waals surface area contributed by atoms with Crippen molar-refractivity contribution < 1.29 is 0 Å². The van der Waals surface area contributed by atoms with Crippen LogP contribution >= 0.6 is 0 Å². The van der Waals surface area contributed by atoms with Gasteiger partial charge in [-0.3, -0.25) is 0 Å². The summed E-state index contributed by atoms with van der Waals surface area (Å²) in [7, 11) is 0. The number of aryl methyl sites for hydroxylation is 1. The number of nitrogens with one attached hydrogen (secondary N) is 1. The number of hydrogen-bond donors (Lipinski definition) is 1. The third-order valence-corrected chi connectivity index (χ3v) is 3.50. The lowest BCUT2D eigenvalue weighted by molar-refractivity contribution is 0.574. The van der Waals surface area contributed by atoms with Crippen LogP contribution in [0, 0.1) is 6.92 Å². The maximum absolute atomic E-state index is 3.62. The van der Waals surface area contributed by atoms with Crippen LogP contribution in [0.25, 0.3) is 0 Å². The highest BCUT2D eigenvalue weighted by molar-refractivity contribution is 5.26. The summed E-state index contributed by atoms with van der Waals surface area (Å²) in [6, 6.07) is 9.42. The van der Waals surface area contributed by atoms with E-state index in [1.165, 1.54) is 30.4 Å². The molecule has 0 amide bonds. The van der Waals surface area contributed by atoms with E-state index in [1.807, 2.05) is 0 Å². The molecule has 1 aromatic carbocycles. The molecule has 0 spiro atoms. The van der Waals surface area contributed by atoms with Crippen molar-refractivity contribution in [3.8, 4) is 0 Å². The molecule has 0 radical (unpaired) electrons. The summed E-state index contributed by atoms with van der Waals surface area (Å²) in [5, 5.41) is 3.62. The molecule has 2 rings (SSSR count). The summed E-state index contributed by atoms with van der Waals surface area (Å²) >= 11 is 0. The second-order valence-electron chi connectivity index (χ2n) is 4.97. The molecule has 0 saturated heterocycles. The molecule has 1 aliphatic rings. The van der Waals surface area contributed by atoms with Crippen molar-refractivity contribution >= 4 is 0 Å². The van der Waals surface area contributed by atoms with Crippen LogP contribution in [-0.4, -0.2) is 12.6 Å². The van der Waals surface area contributed by atoms with Crippen molar-refractivity contribution in [2.45, 2.75) is 45.6 Å². The summed E-state index contributed by atoms with van der Waals surface area (Å²) in [5.74, 6) is 0. The summed E-state index contributed by atoms with van der Waals surface area (Å²) in [4.78, 5) is 0. The molecule has 0 saturated carbocycles. The number of allylic oxidation sites excluding steroid dienone is 1. The van der Waals surface area contributed by atoms with Crippen molar-refractivity contribution in [3.05, 3.63) is 47.0 Å². The number of hydrogen-bond acceptors (Lipinski definition) is 1. The highest BCUT2D eigenvalue weighted by Gasteiger charge is 2.16. The SMILES string of the molecule is CCNC(Cc1cccc(C)c1)C1=CCCC1. The number of likely N-dealkylation sites (N-methyl/N-ethyl adjacent to an activating group) is 1. The van der Waals surface area contributed by atoms with E-state index in [0.29, 0.717) is 6.04 Å². The number of rotatable bonds is 5. The first-order valence-electron chi connectivity index (χ1n) is 6.77. The van der Waals surface area contributed by atoms with Gasteiger partial charge in [-0.1, -0.05) is 48.4 Å². The minimum atomic E-state index is 0.546. The zero-order valence-corrected chi connectivity index (χ0v) is 11.0. The third kappa shape index (κ3) is 3.44. The van der Waals surface area contributed by atoms with Gasteiger partial charge in [0, 0.05) is 6.04 Å². The first-order chi connectivity index (χ1) is 8.29. The van der Waals surface area contributed by atoms with E-state index in [4.69, 9.17) is 0 Å². The molecular formula is C16H23N. The van der Waals surface area contributed by atoms with Gasteiger partial charge in [0.15, 0.2) is 0 Å². The Balaban J connectivity index is 2.07. The highest BCUT2D eigenvalue weighted by atomic mass is 14.9. The molecule has 1 atom stereocenters. The van der Waals surface area contributed by atoms with Crippen LogP contribution in [0.3, 0.4) is 0 Å². The Kier molecular flexibility index (Phi) is 4.38. The highest BCUT2D eigenvalue weighted by Crippen LogP contribution is 2.23. The van der Waals surface area contributed by atoms with Gasteiger partial charge in [-0.15, -0.1) is 0 Å². The fourth-order valence-corrected chi connectivity index (χ4v) is 2.67. The minimum absolute atomic E-state index is 0.546. The molecular weight excluding hydrogens is 206 g/mol. The Bertz CT molecular complexity index is 392. The molecule has 1 N–H and O–H groups in total. The third-order valence-electron chi connectivity index (χ3n) is 3.50. The average Bonchev–Trinajstić information content (AvgIpc) is 2.82. The molecule has 0 aromatic heterocycles. The van der Waals surface area contributed by atoms with Gasteiger partial charge in [0.05, 0.1) is 0 Å². The van der Waals surface area contributed by atoms with Crippen molar-refractivity contribution in [1.29, 1.82) is 0 Å². The molecule has 0 fully saturated rings. The summed E-state index contributed by atoms with van der Waals surface area (Å²) in [6.45, 7) is 5.41. The minimum Gasteiger partial charge on any atom is -0.310 e. The molecule has 0 aliphatic heterocycles. The quantitative estimate of drug-likeness (QED) is 0.760. The second kappa shape index (κ2) is 6.02. The van der Waals surface area contributed by atoms with E-state index in [9.17, 15) is 0 Å². The molecule has 1 unspecified atom stereocenters. The zero-order valence-electron chi connectivity index (χ0n) is 11.0. The maximum atomic E-state index is 3.62. The number of benzene rings is 1. The molecule has 17 heavy (non-hydrogen) atoms. The van der Waals surface area contributed by atoms with Crippen molar-refractivity contribution in [3.63, 3.8) is 0 Å². The fraction of sp³-hybridized carbons (Fsp3) is 0.500. The van der Waals surface area contributed by atoms with E-state index in [0.717, 1.165) is 13.0 Å². The van der Waals surface area contributed by atoms with Gasteiger partial charge in [0.25, 0.3) is 0 Å². The Morgan fingerprint density at radius 2 is 2.24 bits per heavy atom. The van der Waals surface area contributed by atoms with E-state index < -0.39 is 0 Å². The molecule has 0 bridgehead atoms. The first kappa shape index (κ1) is 12.4. The summed E-state index contributed by atoms with van der Waals surface area (Å²) in [5.41, 5.74) is 4.43. The van der Waals surface area contributed by atoms with E-state index in [2.05, 4.69) is 49.5 Å². The standard InChI is InChI=1S/C16H23N/c1-3-17-16(15-9-4-5-10-15)12-14-8-6-7-13(2)11-14/h6-9,11,16-17H,3-5,10,12H2,1-2H3. The first-order valence-corrected chi connectivity index (χ1v) is 6.77. The molecule has 92 valence electrons. The van der Waals surface area contributed by atoms with Gasteiger partial charge in [-0.25, -0.2) is 0 Å². The topological polar surface area (TPSA) is 12.0 Å². The van der Waals surface area contributed by atoms with Gasteiger partial charge in [0.1, 0.15) is 0 Å². The Morgan fingerprint density at radius 3 is 2.88 bits per heavy atom. The predicted octanol–water partition coefficient (Wildman–Crippen LogP) is 3.63. The summed E-state index contributed by atoms with van der Waals surface area (Å²) < 4.78 is 0. The lowest BCUT2D eigenvalue weighted by Gasteiger charge is -2.19. The van der Waals surface area contributed by atoms with E-state index >= 15 is 0 Å². The van der Waals surface area contributed by atoms with Crippen molar-refractivity contribution in [2.75, 3.05) is 6.54 Å². The van der Waals surface area contributed by atoms with Gasteiger partial charge in [-0.05, 0) is 44.7 Å². The molecule has 1 nitrogen and oxygen atoms in total. The largest absolute Gasteiger partial charge is 0.310 e. The smallest absolute Gasteiger partial charge is 0.0319 e.